The minimum absolute atomic E-state index is 0.168. The normalized spacial score (nSPS) is 21.0. The fraction of sp³-hybridized carbons (Fsp3) is 0.167. The lowest BCUT2D eigenvalue weighted by molar-refractivity contribution is 0.174. The van der Waals surface area contributed by atoms with Crippen molar-refractivity contribution in [3.8, 4) is 11.5 Å². The van der Waals surface area contributed by atoms with Crippen molar-refractivity contribution < 1.29 is 9.47 Å². The Morgan fingerprint density at radius 1 is 1.09 bits per heavy atom. The molecule has 108 valence electrons. The van der Waals surface area contributed by atoms with Crippen LogP contribution in [-0.2, 0) is 0 Å². The van der Waals surface area contributed by atoms with Gasteiger partial charge in [0.05, 0.1) is 0 Å². The summed E-state index contributed by atoms with van der Waals surface area (Å²) in [5, 5.41) is 0. The number of hydrogen-bond acceptors (Lipinski definition) is 4. The van der Waals surface area contributed by atoms with Crippen LogP contribution in [-0.4, -0.2) is 12.5 Å². The van der Waals surface area contributed by atoms with Crippen LogP contribution in [0.5, 0.6) is 11.5 Å². The van der Waals surface area contributed by atoms with Crippen molar-refractivity contribution in [1.29, 1.82) is 0 Å². The van der Waals surface area contributed by atoms with Crippen molar-refractivity contribution in [1.82, 2.24) is 0 Å². The van der Waals surface area contributed by atoms with Gasteiger partial charge >= 0.3 is 0 Å². The predicted octanol–water partition coefficient (Wildman–Crippen LogP) is 4.45. The summed E-state index contributed by atoms with van der Waals surface area (Å²) in [6.45, 7) is 2.40. The third kappa shape index (κ3) is 1.61. The minimum atomic E-state index is 0.168. The summed E-state index contributed by atoms with van der Waals surface area (Å²) in [5.74, 6) is 1.64. The molecule has 3 aliphatic heterocycles. The first kappa shape index (κ1) is 12.4. The van der Waals surface area contributed by atoms with Crippen molar-refractivity contribution >= 4 is 23.0 Å². The molecule has 3 nitrogen and oxygen atoms in total. The number of allylic oxidation sites excluding steroid dienone is 1. The van der Waals surface area contributed by atoms with Crippen LogP contribution in [0.4, 0.5) is 0 Å². The number of hydrogen-bond donors (Lipinski definition) is 0. The lowest BCUT2D eigenvalue weighted by Gasteiger charge is -2.07. The number of ether oxygens (including phenoxy) is 2. The van der Waals surface area contributed by atoms with Gasteiger partial charge in [-0.1, -0.05) is 36.0 Å². The first-order chi connectivity index (χ1) is 10.8. The Balaban J connectivity index is 1.66. The molecule has 2 aromatic rings. The fourth-order valence-electron chi connectivity index (χ4n) is 3.27. The quantitative estimate of drug-likeness (QED) is 0.780. The lowest BCUT2D eigenvalue weighted by atomic mass is 10.00. The molecule has 0 N–H and O–H groups in total. The molecule has 0 saturated heterocycles. The van der Waals surface area contributed by atoms with Gasteiger partial charge in [-0.05, 0) is 36.2 Å². The van der Waals surface area contributed by atoms with Crippen LogP contribution in [0.2, 0.25) is 0 Å². The molecule has 3 aliphatic rings. The predicted molar refractivity (Wildman–Crippen MR) is 87.6 cm³/mol. The van der Waals surface area contributed by atoms with Crippen molar-refractivity contribution in [3.05, 3.63) is 58.5 Å². The molecule has 0 amide bonds. The van der Waals surface area contributed by atoms with Gasteiger partial charge in [-0.3, -0.25) is 4.99 Å². The Morgan fingerprint density at radius 3 is 2.91 bits per heavy atom. The smallest absolute Gasteiger partial charge is 0.231 e. The van der Waals surface area contributed by atoms with Crippen molar-refractivity contribution in [2.24, 2.45) is 4.99 Å². The Bertz CT molecular complexity index is 869. The summed E-state index contributed by atoms with van der Waals surface area (Å²) < 4.78 is 10.9. The van der Waals surface area contributed by atoms with Crippen LogP contribution in [0.25, 0.3) is 5.57 Å². The van der Waals surface area contributed by atoms with Crippen LogP contribution >= 0.6 is 11.8 Å². The Kier molecular flexibility index (Phi) is 2.47. The zero-order chi connectivity index (χ0) is 14.7. The highest BCUT2D eigenvalue weighted by Crippen LogP contribution is 2.55. The van der Waals surface area contributed by atoms with Gasteiger partial charge < -0.3 is 9.47 Å². The van der Waals surface area contributed by atoms with Crippen molar-refractivity contribution in [3.63, 3.8) is 0 Å². The maximum absolute atomic E-state index is 5.52. The average Bonchev–Trinajstić information content (AvgIpc) is 3.19. The van der Waals surface area contributed by atoms with E-state index in [9.17, 15) is 0 Å². The van der Waals surface area contributed by atoms with E-state index in [1.165, 1.54) is 20.9 Å². The third-order valence-corrected chi connectivity index (χ3v) is 5.51. The van der Waals surface area contributed by atoms with Crippen LogP contribution in [0.1, 0.15) is 24.1 Å². The molecule has 1 atom stereocenters. The van der Waals surface area contributed by atoms with E-state index in [1.807, 2.05) is 17.8 Å². The third-order valence-electron chi connectivity index (χ3n) is 4.27. The SMILES string of the molecule is CC1=NC2C(=C1c1ccc3c(c1)OCO3)Sc1ccccc12. The highest BCUT2D eigenvalue weighted by molar-refractivity contribution is 8.03. The minimum Gasteiger partial charge on any atom is -0.454 e. The van der Waals surface area contributed by atoms with Crippen LogP contribution in [0.15, 0.2) is 57.3 Å². The lowest BCUT2D eigenvalue weighted by Crippen LogP contribution is -1.94. The molecule has 5 rings (SSSR count). The zero-order valence-electron chi connectivity index (χ0n) is 12.0. The second-order valence-corrected chi connectivity index (χ2v) is 6.65. The van der Waals surface area contributed by atoms with Gasteiger partial charge in [-0.25, -0.2) is 0 Å². The Labute approximate surface area is 132 Å². The van der Waals surface area contributed by atoms with Crippen LogP contribution < -0.4 is 9.47 Å². The molecular formula is C18H13NO2S. The summed E-state index contributed by atoms with van der Waals surface area (Å²) in [4.78, 5) is 7.54. The van der Waals surface area contributed by atoms with Crippen molar-refractivity contribution in [2.75, 3.05) is 6.79 Å². The molecule has 3 heterocycles. The molecule has 0 aliphatic carbocycles. The van der Waals surface area contributed by atoms with Crippen LogP contribution in [0.3, 0.4) is 0 Å². The average molecular weight is 307 g/mol. The van der Waals surface area contributed by atoms with Gasteiger partial charge in [0, 0.05) is 21.1 Å². The molecule has 0 bridgehead atoms. The summed E-state index contributed by atoms with van der Waals surface area (Å²) >= 11 is 1.84. The number of thioether (sulfide) groups is 1. The fourth-order valence-corrected chi connectivity index (χ4v) is 4.61. The number of fused-ring (bicyclic) bond motifs is 4. The van der Waals surface area contributed by atoms with Gasteiger partial charge in [0.1, 0.15) is 6.04 Å². The standard InChI is InChI=1S/C18H13NO2S/c1-10-16(11-6-7-13-14(8-11)21-9-20-13)18-17(19-10)12-4-2-3-5-15(12)22-18/h2-8,17H,9H2,1H3. The van der Waals surface area contributed by atoms with E-state index in [1.54, 1.807) is 0 Å². The summed E-state index contributed by atoms with van der Waals surface area (Å²) in [7, 11) is 0. The maximum atomic E-state index is 5.52. The largest absolute Gasteiger partial charge is 0.454 e. The molecular weight excluding hydrogens is 294 g/mol. The monoisotopic (exact) mass is 307 g/mol. The Morgan fingerprint density at radius 2 is 1.95 bits per heavy atom. The number of benzene rings is 2. The Hall–Kier alpha value is -2.20. The molecule has 4 heteroatoms. The summed E-state index contributed by atoms with van der Waals surface area (Å²) in [5.41, 5.74) is 4.81. The first-order valence-electron chi connectivity index (χ1n) is 7.27. The molecule has 0 radical (unpaired) electrons. The highest BCUT2D eigenvalue weighted by Gasteiger charge is 2.35. The van der Waals surface area contributed by atoms with E-state index in [0.717, 1.165) is 22.8 Å². The molecule has 0 aromatic heterocycles. The molecule has 0 fully saturated rings. The van der Waals surface area contributed by atoms with Crippen molar-refractivity contribution in [2.45, 2.75) is 17.9 Å². The molecule has 0 spiro atoms. The number of nitrogens with zero attached hydrogens (tertiary/aromatic N) is 1. The maximum Gasteiger partial charge on any atom is 0.231 e. The van der Waals surface area contributed by atoms with Gasteiger partial charge in [-0.2, -0.15) is 0 Å². The van der Waals surface area contributed by atoms with Gasteiger partial charge in [-0.15, -0.1) is 0 Å². The van der Waals surface area contributed by atoms with E-state index in [2.05, 4.69) is 43.3 Å². The number of aliphatic imine (C=N–C) groups is 1. The number of rotatable bonds is 1. The van der Waals surface area contributed by atoms with E-state index in [0.29, 0.717) is 6.79 Å². The first-order valence-corrected chi connectivity index (χ1v) is 8.08. The molecule has 0 saturated carbocycles. The van der Waals surface area contributed by atoms with E-state index < -0.39 is 0 Å². The second-order valence-electron chi connectivity index (χ2n) is 5.56. The highest BCUT2D eigenvalue weighted by atomic mass is 32.2. The summed E-state index contributed by atoms with van der Waals surface area (Å²) in [6, 6.07) is 14.8. The van der Waals surface area contributed by atoms with E-state index in [4.69, 9.17) is 14.5 Å². The zero-order valence-corrected chi connectivity index (χ0v) is 12.8. The van der Waals surface area contributed by atoms with Crippen LogP contribution in [0, 0.1) is 0 Å². The topological polar surface area (TPSA) is 30.8 Å². The van der Waals surface area contributed by atoms with Gasteiger partial charge in [0.25, 0.3) is 0 Å². The van der Waals surface area contributed by atoms with Gasteiger partial charge in [0.15, 0.2) is 11.5 Å². The molecule has 1 unspecified atom stereocenters. The van der Waals surface area contributed by atoms with E-state index in [-0.39, 0.29) is 6.04 Å². The molecule has 2 aromatic carbocycles. The van der Waals surface area contributed by atoms with Gasteiger partial charge in [0.2, 0.25) is 6.79 Å². The second kappa shape index (κ2) is 4.40. The summed E-state index contributed by atoms with van der Waals surface area (Å²) in [6.07, 6.45) is 0. The van der Waals surface area contributed by atoms with E-state index >= 15 is 0 Å². The molecule has 22 heavy (non-hydrogen) atoms.